The summed E-state index contributed by atoms with van der Waals surface area (Å²) in [4.78, 5) is 23.7. The maximum absolute atomic E-state index is 12.2. The first-order valence-electron chi connectivity index (χ1n) is 10.00. The minimum Gasteiger partial charge on any atom is -0.489 e. The van der Waals surface area contributed by atoms with E-state index < -0.39 is 0 Å². The summed E-state index contributed by atoms with van der Waals surface area (Å²) in [7, 11) is 2.81. The normalized spacial score (nSPS) is 17.4. The molecule has 0 radical (unpaired) electrons. The number of carbonyl (C=O) groups excluding carboxylic acids is 2. The topological polar surface area (TPSA) is 61.8 Å². The van der Waals surface area contributed by atoms with E-state index in [0.29, 0.717) is 25.9 Å². The first kappa shape index (κ1) is 20.9. The molecular weight excluding hydrogens is 368 g/mol. The molecule has 1 aliphatic rings. The molecule has 0 saturated carbocycles. The van der Waals surface area contributed by atoms with Crippen LogP contribution in [-0.2, 0) is 37.5 Å². The Kier molecular flexibility index (Phi) is 6.91. The smallest absolute Gasteiger partial charge is 0.306 e. The number of rotatable bonds is 9. The molecule has 0 saturated heterocycles. The van der Waals surface area contributed by atoms with E-state index in [4.69, 9.17) is 14.2 Å². The molecule has 5 nitrogen and oxygen atoms in total. The third-order valence-corrected chi connectivity index (χ3v) is 5.75. The molecule has 0 bridgehead atoms. The molecule has 0 amide bonds. The molecule has 0 heterocycles. The molecule has 0 aromatic heterocycles. The van der Waals surface area contributed by atoms with Gasteiger partial charge in [0.1, 0.15) is 12.4 Å². The van der Waals surface area contributed by atoms with Gasteiger partial charge in [0.15, 0.2) is 0 Å². The predicted octanol–water partition coefficient (Wildman–Crippen LogP) is 4.36. The van der Waals surface area contributed by atoms with E-state index in [1.807, 2.05) is 36.4 Å². The lowest BCUT2D eigenvalue weighted by Crippen LogP contribution is -2.28. The molecule has 1 aliphatic carbocycles. The standard InChI is InChI=1S/C24H28O5/c1-27-22(25)9-6-13-24(16-23(26)28-2)14-12-19-10-11-20(15-21(19)24)29-17-18-7-4-3-5-8-18/h3-5,7-8,10-11,15H,6,9,12-14,16-17H2,1-2H3. The van der Waals surface area contributed by atoms with Gasteiger partial charge < -0.3 is 14.2 Å². The Hall–Kier alpha value is -2.82. The molecular formula is C24H28O5. The summed E-state index contributed by atoms with van der Waals surface area (Å²) in [5, 5.41) is 0. The molecule has 1 atom stereocenters. The Labute approximate surface area is 172 Å². The highest BCUT2D eigenvalue weighted by Gasteiger charge is 2.40. The van der Waals surface area contributed by atoms with Crippen molar-refractivity contribution in [3.05, 3.63) is 65.2 Å². The van der Waals surface area contributed by atoms with E-state index in [0.717, 1.165) is 36.1 Å². The Morgan fingerprint density at radius 1 is 1.00 bits per heavy atom. The fourth-order valence-corrected chi connectivity index (χ4v) is 4.16. The first-order chi connectivity index (χ1) is 14.1. The van der Waals surface area contributed by atoms with E-state index in [1.165, 1.54) is 19.8 Å². The molecule has 0 fully saturated rings. The zero-order chi connectivity index (χ0) is 20.7. The van der Waals surface area contributed by atoms with E-state index in [1.54, 1.807) is 0 Å². The van der Waals surface area contributed by atoms with E-state index in [2.05, 4.69) is 12.1 Å². The molecule has 0 aliphatic heterocycles. The molecule has 0 spiro atoms. The van der Waals surface area contributed by atoms with Gasteiger partial charge in [-0.1, -0.05) is 36.4 Å². The predicted molar refractivity (Wildman–Crippen MR) is 110 cm³/mol. The van der Waals surface area contributed by atoms with Gasteiger partial charge in [-0.05, 0) is 54.5 Å². The van der Waals surface area contributed by atoms with Gasteiger partial charge in [0.2, 0.25) is 0 Å². The van der Waals surface area contributed by atoms with E-state index in [9.17, 15) is 9.59 Å². The SMILES string of the molecule is COC(=O)CCCC1(CC(=O)OC)CCc2ccc(OCc3ccccc3)cc21. The van der Waals surface area contributed by atoms with Crippen LogP contribution in [0.3, 0.4) is 0 Å². The van der Waals surface area contributed by atoms with Crippen molar-refractivity contribution >= 4 is 11.9 Å². The fourth-order valence-electron chi connectivity index (χ4n) is 4.16. The second kappa shape index (κ2) is 9.59. The third kappa shape index (κ3) is 5.17. The molecule has 0 N–H and O–H groups in total. The van der Waals surface area contributed by atoms with Crippen LogP contribution in [0.2, 0.25) is 0 Å². The van der Waals surface area contributed by atoms with Gasteiger partial charge in [0, 0.05) is 11.8 Å². The lowest BCUT2D eigenvalue weighted by atomic mass is 9.74. The number of ether oxygens (including phenoxy) is 3. The first-order valence-corrected chi connectivity index (χ1v) is 10.00. The van der Waals surface area contributed by atoms with Gasteiger partial charge >= 0.3 is 11.9 Å². The minimum atomic E-state index is -0.331. The zero-order valence-corrected chi connectivity index (χ0v) is 17.1. The fraction of sp³-hybridized carbons (Fsp3) is 0.417. The Bertz CT molecular complexity index is 846. The van der Waals surface area contributed by atoms with Crippen molar-refractivity contribution in [2.45, 2.75) is 50.5 Å². The summed E-state index contributed by atoms with van der Waals surface area (Å²) in [5.74, 6) is 0.333. The third-order valence-electron chi connectivity index (χ3n) is 5.75. The monoisotopic (exact) mass is 396 g/mol. The summed E-state index contributed by atoms with van der Waals surface area (Å²) < 4.78 is 15.7. The van der Waals surface area contributed by atoms with Gasteiger partial charge in [-0.25, -0.2) is 0 Å². The summed E-state index contributed by atoms with van der Waals surface area (Å²) in [6.07, 6.45) is 3.81. The summed E-state index contributed by atoms with van der Waals surface area (Å²) in [5.41, 5.74) is 3.15. The number of esters is 2. The van der Waals surface area contributed by atoms with Gasteiger partial charge in [0.05, 0.1) is 20.6 Å². The van der Waals surface area contributed by atoms with Gasteiger partial charge in [-0.15, -0.1) is 0 Å². The van der Waals surface area contributed by atoms with E-state index in [-0.39, 0.29) is 17.4 Å². The van der Waals surface area contributed by atoms with Gasteiger partial charge in [-0.3, -0.25) is 9.59 Å². The van der Waals surface area contributed by atoms with Crippen LogP contribution in [0, 0.1) is 0 Å². The maximum atomic E-state index is 12.2. The second-order valence-electron chi connectivity index (χ2n) is 7.56. The zero-order valence-electron chi connectivity index (χ0n) is 17.1. The summed E-state index contributed by atoms with van der Waals surface area (Å²) in [6.45, 7) is 0.492. The van der Waals surface area contributed by atoms with Crippen molar-refractivity contribution in [1.82, 2.24) is 0 Å². The van der Waals surface area contributed by atoms with Crippen molar-refractivity contribution in [2.75, 3.05) is 14.2 Å². The number of hydrogen-bond donors (Lipinski definition) is 0. The highest BCUT2D eigenvalue weighted by atomic mass is 16.5. The Morgan fingerprint density at radius 2 is 1.76 bits per heavy atom. The van der Waals surface area contributed by atoms with Crippen LogP contribution in [0.25, 0.3) is 0 Å². The molecule has 154 valence electrons. The van der Waals surface area contributed by atoms with Gasteiger partial charge in [-0.2, -0.15) is 0 Å². The van der Waals surface area contributed by atoms with Crippen LogP contribution in [0.5, 0.6) is 5.75 Å². The summed E-state index contributed by atoms with van der Waals surface area (Å²) in [6, 6.07) is 16.2. The molecule has 5 heteroatoms. The summed E-state index contributed by atoms with van der Waals surface area (Å²) >= 11 is 0. The average Bonchev–Trinajstić information content (AvgIpc) is 3.10. The number of methoxy groups -OCH3 is 2. The lowest BCUT2D eigenvalue weighted by molar-refractivity contribution is -0.142. The molecule has 2 aromatic rings. The largest absolute Gasteiger partial charge is 0.489 e. The van der Waals surface area contributed by atoms with Crippen LogP contribution in [0.4, 0.5) is 0 Å². The van der Waals surface area contributed by atoms with Crippen molar-refractivity contribution in [2.24, 2.45) is 0 Å². The van der Waals surface area contributed by atoms with E-state index >= 15 is 0 Å². The van der Waals surface area contributed by atoms with Crippen molar-refractivity contribution in [3.63, 3.8) is 0 Å². The molecule has 1 unspecified atom stereocenters. The van der Waals surface area contributed by atoms with Crippen LogP contribution < -0.4 is 4.74 Å². The quantitative estimate of drug-likeness (QED) is 0.590. The minimum absolute atomic E-state index is 0.226. The van der Waals surface area contributed by atoms with Crippen molar-refractivity contribution < 1.29 is 23.8 Å². The number of carbonyl (C=O) groups is 2. The van der Waals surface area contributed by atoms with Crippen molar-refractivity contribution in [3.8, 4) is 5.75 Å². The van der Waals surface area contributed by atoms with Crippen LogP contribution in [0.15, 0.2) is 48.5 Å². The lowest BCUT2D eigenvalue weighted by Gasteiger charge is -2.30. The van der Waals surface area contributed by atoms with Crippen LogP contribution >= 0.6 is 0 Å². The van der Waals surface area contributed by atoms with Gasteiger partial charge in [0.25, 0.3) is 0 Å². The highest BCUT2D eigenvalue weighted by molar-refractivity contribution is 5.72. The molecule has 2 aromatic carbocycles. The number of hydrogen-bond acceptors (Lipinski definition) is 5. The maximum Gasteiger partial charge on any atom is 0.306 e. The average molecular weight is 396 g/mol. The Morgan fingerprint density at radius 3 is 2.48 bits per heavy atom. The number of fused-ring (bicyclic) bond motifs is 1. The van der Waals surface area contributed by atoms with Crippen LogP contribution in [-0.4, -0.2) is 26.2 Å². The number of aryl methyl sites for hydroxylation is 1. The van der Waals surface area contributed by atoms with Crippen molar-refractivity contribution in [1.29, 1.82) is 0 Å². The number of benzene rings is 2. The molecule has 3 rings (SSSR count). The Balaban J connectivity index is 1.80. The highest BCUT2D eigenvalue weighted by Crippen LogP contribution is 2.46. The molecule has 29 heavy (non-hydrogen) atoms. The second-order valence-corrected chi connectivity index (χ2v) is 7.56. The van der Waals surface area contributed by atoms with Crippen LogP contribution in [0.1, 0.15) is 48.8 Å².